The van der Waals surface area contributed by atoms with Gasteiger partial charge >= 0.3 is 6.03 Å². The quantitative estimate of drug-likeness (QED) is 0.865. The van der Waals surface area contributed by atoms with Crippen molar-refractivity contribution in [2.45, 2.75) is 39.7 Å². The van der Waals surface area contributed by atoms with Crippen molar-refractivity contribution in [1.82, 2.24) is 10.2 Å². The maximum absolute atomic E-state index is 12.4. The van der Waals surface area contributed by atoms with Crippen LogP contribution in [0.15, 0.2) is 10.5 Å². The second-order valence-electron chi connectivity index (χ2n) is 6.88. The highest BCUT2D eigenvalue weighted by Gasteiger charge is 2.36. The van der Waals surface area contributed by atoms with Gasteiger partial charge in [-0.25, -0.2) is 4.79 Å². The average molecular weight is 292 g/mol. The number of carbonyl (C=O) groups is 1. The Morgan fingerprint density at radius 1 is 1.38 bits per heavy atom. The third kappa shape index (κ3) is 3.07. The summed E-state index contributed by atoms with van der Waals surface area (Å²) in [5.41, 5.74) is 1.29. The fourth-order valence-electron chi connectivity index (χ4n) is 3.32. The lowest BCUT2D eigenvalue weighted by molar-refractivity contribution is 0.0518. The summed E-state index contributed by atoms with van der Waals surface area (Å²) in [7, 11) is 0. The maximum atomic E-state index is 12.4. The van der Waals surface area contributed by atoms with Gasteiger partial charge in [-0.2, -0.15) is 0 Å². The second-order valence-corrected chi connectivity index (χ2v) is 6.88. The Balaban J connectivity index is 1.76. The number of furan rings is 1. The van der Waals surface area contributed by atoms with Crippen molar-refractivity contribution in [3.63, 3.8) is 0 Å². The molecule has 0 bridgehead atoms. The van der Waals surface area contributed by atoms with E-state index in [2.05, 4.69) is 25.2 Å². The van der Waals surface area contributed by atoms with Crippen molar-refractivity contribution in [3.05, 3.63) is 23.2 Å². The first-order valence-electron chi connectivity index (χ1n) is 7.67. The molecule has 2 heterocycles. The predicted molar refractivity (Wildman–Crippen MR) is 79.2 cm³/mol. The molecule has 0 saturated carbocycles. The van der Waals surface area contributed by atoms with Crippen LogP contribution < -0.4 is 5.32 Å². The highest BCUT2D eigenvalue weighted by molar-refractivity contribution is 5.75. The molecule has 1 aromatic heterocycles. The van der Waals surface area contributed by atoms with Crippen LogP contribution in [0, 0.1) is 12.3 Å². The predicted octanol–water partition coefficient (Wildman–Crippen LogP) is 2.64. The van der Waals surface area contributed by atoms with Crippen molar-refractivity contribution in [2.75, 3.05) is 26.3 Å². The number of nitrogens with zero attached hydrogens (tertiary/aromatic N) is 1. The second kappa shape index (κ2) is 5.37. The molecule has 1 aliphatic carbocycles. The maximum Gasteiger partial charge on any atom is 0.318 e. The first-order chi connectivity index (χ1) is 9.94. The number of hydrogen-bond donors (Lipinski definition) is 1. The third-order valence-electron chi connectivity index (χ3n) is 4.33. The first-order valence-corrected chi connectivity index (χ1v) is 7.67. The van der Waals surface area contributed by atoms with Gasteiger partial charge in [-0.05, 0) is 24.8 Å². The molecule has 0 radical (unpaired) electrons. The highest BCUT2D eigenvalue weighted by atomic mass is 16.5. The Labute approximate surface area is 125 Å². The fraction of sp³-hybridized carbons (Fsp3) is 0.688. The molecule has 5 heteroatoms. The van der Waals surface area contributed by atoms with E-state index in [-0.39, 0.29) is 17.5 Å². The van der Waals surface area contributed by atoms with Crippen molar-refractivity contribution in [1.29, 1.82) is 0 Å². The van der Waals surface area contributed by atoms with Crippen molar-refractivity contribution >= 4 is 6.03 Å². The van der Waals surface area contributed by atoms with Gasteiger partial charge in [0.1, 0.15) is 11.5 Å². The Hall–Kier alpha value is -1.49. The van der Waals surface area contributed by atoms with Gasteiger partial charge in [0.2, 0.25) is 0 Å². The summed E-state index contributed by atoms with van der Waals surface area (Å²) in [6.45, 7) is 8.99. The number of hydrogen-bond acceptors (Lipinski definition) is 3. The van der Waals surface area contributed by atoms with Gasteiger partial charge in [0.15, 0.2) is 0 Å². The number of amides is 2. The number of urea groups is 1. The number of fused-ring (bicyclic) bond motifs is 1. The molecular weight excluding hydrogens is 268 g/mol. The minimum absolute atomic E-state index is 0.00537. The normalized spacial score (nSPS) is 24.5. The van der Waals surface area contributed by atoms with Crippen molar-refractivity contribution in [3.8, 4) is 0 Å². The van der Waals surface area contributed by atoms with E-state index in [0.717, 1.165) is 29.9 Å². The van der Waals surface area contributed by atoms with Crippen LogP contribution in [0.5, 0.6) is 0 Å². The number of nitrogens with one attached hydrogen (secondary N) is 1. The molecule has 21 heavy (non-hydrogen) atoms. The fourth-order valence-corrected chi connectivity index (χ4v) is 3.32. The van der Waals surface area contributed by atoms with Gasteiger partial charge in [-0.1, -0.05) is 13.8 Å². The zero-order valence-electron chi connectivity index (χ0n) is 13.1. The van der Waals surface area contributed by atoms with E-state index in [9.17, 15) is 4.79 Å². The first kappa shape index (κ1) is 14.4. The van der Waals surface area contributed by atoms with Gasteiger partial charge < -0.3 is 19.4 Å². The van der Waals surface area contributed by atoms with Gasteiger partial charge in [-0.15, -0.1) is 0 Å². The molecule has 1 fully saturated rings. The van der Waals surface area contributed by atoms with Crippen molar-refractivity contribution in [2.24, 2.45) is 5.41 Å². The van der Waals surface area contributed by atoms with E-state index in [1.165, 1.54) is 0 Å². The summed E-state index contributed by atoms with van der Waals surface area (Å²) < 4.78 is 11.1. The van der Waals surface area contributed by atoms with E-state index in [1.807, 2.05) is 11.8 Å². The minimum atomic E-state index is 0.00537. The number of aryl methyl sites for hydroxylation is 1. The van der Waals surface area contributed by atoms with Gasteiger partial charge in [0, 0.05) is 25.1 Å². The largest absolute Gasteiger partial charge is 0.466 e. The minimum Gasteiger partial charge on any atom is -0.466 e. The van der Waals surface area contributed by atoms with Gasteiger partial charge in [-0.3, -0.25) is 0 Å². The lowest BCUT2D eigenvalue weighted by atomic mass is 9.75. The number of ether oxygens (including phenoxy) is 1. The molecular formula is C16H24N2O3. The van der Waals surface area contributed by atoms with Crippen LogP contribution in [-0.2, 0) is 11.2 Å². The van der Waals surface area contributed by atoms with Crippen LogP contribution in [0.3, 0.4) is 0 Å². The Morgan fingerprint density at radius 2 is 2.10 bits per heavy atom. The van der Waals surface area contributed by atoms with Crippen LogP contribution in [0.2, 0.25) is 0 Å². The van der Waals surface area contributed by atoms with Gasteiger partial charge in [0.25, 0.3) is 0 Å². The van der Waals surface area contributed by atoms with Crippen molar-refractivity contribution < 1.29 is 13.9 Å². The molecule has 1 N–H and O–H groups in total. The zero-order chi connectivity index (χ0) is 15.0. The van der Waals surface area contributed by atoms with Crippen LogP contribution >= 0.6 is 0 Å². The average Bonchev–Trinajstić information content (AvgIpc) is 2.78. The molecule has 5 nitrogen and oxygen atoms in total. The van der Waals surface area contributed by atoms with E-state index < -0.39 is 0 Å². The molecule has 116 valence electrons. The molecule has 1 aliphatic heterocycles. The summed E-state index contributed by atoms with van der Waals surface area (Å²) >= 11 is 0. The topological polar surface area (TPSA) is 54.7 Å². The van der Waals surface area contributed by atoms with Crippen LogP contribution in [-0.4, -0.2) is 37.2 Å². The lowest BCUT2D eigenvalue weighted by Crippen LogP contribution is -2.48. The van der Waals surface area contributed by atoms with E-state index in [4.69, 9.17) is 9.15 Å². The molecule has 2 amide bonds. The van der Waals surface area contributed by atoms with Crippen LogP contribution in [0.1, 0.15) is 43.4 Å². The molecule has 2 aliphatic rings. The Kier molecular flexibility index (Phi) is 3.69. The number of carbonyl (C=O) groups excluding carboxylic acids is 1. The lowest BCUT2D eigenvalue weighted by Gasteiger charge is -2.36. The Morgan fingerprint density at radius 3 is 2.81 bits per heavy atom. The Bertz CT molecular complexity index is 530. The summed E-state index contributed by atoms with van der Waals surface area (Å²) in [4.78, 5) is 14.3. The molecule has 1 saturated heterocycles. The summed E-state index contributed by atoms with van der Waals surface area (Å²) in [5, 5.41) is 3.19. The summed E-state index contributed by atoms with van der Waals surface area (Å²) in [5.74, 6) is 1.94. The molecule has 1 aromatic rings. The van der Waals surface area contributed by atoms with E-state index in [1.54, 1.807) is 0 Å². The third-order valence-corrected chi connectivity index (χ3v) is 4.33. The van der Waals surface area contributed by atoms with E-state index in [0.29, 0.717) is 26.3 Å². The summed E-state index contributed by atoms with van der Waals surface area (Å²) in [6, 6.07) is 2.11. The molecule has 3 rings (SSSR count). The van der Waals surface area contributed by atoms with E-state index >= 15 is 0 Å². The monoisotopic (exact) mass is 292 g/mol. The standard InChI is InChI=1S/C16H24N2O3/c1-11-8-12-13(9-16(2,3)10-14(12)21-11)17-15(19)18-4-6-20-7-5-18/h8,13H,4-7,9-10H2,1-3H3,(H,17,19). The van der Waals surface area contributed by atoms with Gasteiger partial charge in [0.05, 0.1) is 19.3 Å². The van der Waals surface area contributed by atoms with Crippen LogP contribution in [0.4, 0.5) is 4.79 Å². The highest BCUT2D eigenvalue weighted by Crippen LogP contribution is 2.42. The smallest absolute Gasteiger partial charge is 0.318 e. The molecule has 1 unspecified atom stereocenters. The van der Waals surface area contributed by atoms with Crippen LogP contribution in [0.25, 0.3) is 0 Å². The summed E-state index contributed by atoms with van der Waals surface area (Å²) in [6.07, 6.45) is 1.87. The molecule has 1 atom stereocenters. The number of rotatable bonds is 1. The molecule has 0 aromatic carbocycles. The zero-order valence-corrected chi connectivity index (χ0v) is 13.1. The number of morpholine rings is 1. The molecule has 0 spiro atoms. The SMILES string of the molecule is Cc1cc2c(o1)CC(C)(C)CC2NC(=O)N1CCOCC1.